The van der Waals surface area contributed by atoms with Crippen molar-refractivity contribution in [3.63, 3.8) is 0 Å². The van der Waals surface area contributed by atoms with Crippen molar-refractivity contribution in [3.8, 4) is 0 Å². The van der Waals surface area contributed by atoms with E-state index >= 15 is 0 Å². The van der Waals surface area contributed by atoms with Crippen LogP contribution in [0.25, 0.3) is 0 Å². The van der Waals surface area contributed by atoms with Crippen LogP contribution < -0.4 is 0 Å². The Labute approximate surface area is 109 Å². The molecule has 0 aliphatic heterocycles. The van der Waals surface area contributed by atoms with Crippen molar-refractivity contribution in [2.45, 2.75) is 85.9 Å². The van der Waals surface area contributed by atoms with E-state index in [-0.39, 0.29) is 11.2 Å². The van der Waals surface area contributed by atoms with Crippen molar-refractivity contribution in [1.82, 2.24) is 0 Å². The van der Waals surface area contributed by atoms with E-state index in [1.54, 1.807) is 0 Å². The minimum atomic E-state index is -0.0508. The van der Waals surface area contributed by atoms with Crippen LogP contribution >= 0.6 is 0 Å². The van der Waals surface area contributed by atoms with Gasteiger partial charge in [0.05, 0.1) is 11.2 Å². The summed E-state index contributed by atoms with van der Waals surface area (Å²) >= 11 is 0. The van der Waals surface area contributed by atoms with Gasteiger partial charge in [0, 0.05) is 0 Å². The van der Waals surface area contributed by atoms with E-state index in [1.165, 1.54) is 6.42 Å². The quantitative estimate of drug-likeness (QED) is 0.465. The lowest BCUT2D eigenvalue weighted by Gasteiger charge is -2.33. The fourth-order valence-corrected chi connectivity index (χ4v) is 1.96. The van der Waals surface area contributed by atoms with Gasteiger partial charge in [-0.25, -0.2) is 0 Å². The lowest BCUT2D eigenvalue weighted by atomic mass is 9.94. The summed E-state index contributed by atoms with van der Waals surface area (Å²) in [4.78, 5) is 0. The number of hydrogen-bond donors (Lipinski definition) is 0. The Balaban J connectivity index is 3.92. The summed E-state index contributed by atoms with van der Waals surface area (Å²) in [5.41, 5.74) is 0.232. The van der Waals surface area contributed by atoms with Crippen LogP contribution in [0.15, 0.2) is 12.2 Å². The zero-order chi connectivity index (χ0) is 13.7. The van der Waals surface area contributed by atoms with Crippen LogP contribution in [-0.4, -0.2) is 11.2 Å². The van der Waals surface area contributed by atoms with E-state index in [4.69, 9.17) is 4.74 Å². The molecule has 1 heteroatoms. The number of hydrogen-bond acceptors (Lipinski definition) is 1. The third-order valence-electron chi connectivity index (χ3n) is 2.35. The largest absolute Gasteiger partial charge is 0.370 e. The van der Waals surface area contributed by atoms with Gasteiger partial charge in [-0.2, -0.15) is 0 Å². The Morgan fingerprint density at radius 2 is 1.41 bits per heavy atom. The van der Waals surface area contributed by atoms with Gasteiger partial charge >= 0.3 is 0 Å². The van der Waals surface area contributed by atoms with Crippen LogP contribution in [0.5, 0.6) is 0 Å². The third kappa shape index (κ3) is 12.0. The van der Waals surface area contributed by atoms with Crippen LogP contribution in [0.4, 0.5) is 0 Å². The molecule has 0 N–H and O–H groups in total. The predicted molar refractivity (Wildman–Crippen MR) is 77.4 cm³/mol. The molecular weight excluding hydrogens is 208 g/mol. The molecule has 0 amide bonds. The van der Waals surface area contributed by atoms with Crippen molar-refractivity contribution in [2.24, 2.45) is 5.41 Å². The number of ether oxygens (including phenoxy) is 1. The summed E-state index contributed by atoms with van der Waals surface area (Å²) < 4.78 is 6.05. The van der Waals surface area contributed by atoms with E-state index in [0.29, 0.717) is 5.41 Å². The van der Waals surface area contributed by atoms with Gasteiger partial charge in [-0.05, 0) is 59.3 Å². The van der Waals surface area contributed by atoms with Crippen LogP contribution in [0.2, 0.25) is 0 Å². The monoisotopic (exact) mass is 240 g/mol. The zero-order valence-corrected chi connectivity index (χ0v) is 13.2. The van der Waals surface area contributed by atoms with E-state index in [2.05, 4.69) is 67.5 Å². The summed E-state index contributed by atoms with van der Waals surface area (Å²) in [6, 6.07) is 0. The molecule has 0 unspecified atom stereocenters. The first kappa shape index (κ1) is 16.7. The molecule has 0 bridgehead atoms. The van der Waals surface area contributed by atoms with E-state index in [0.717, 1.165) is 12.8 Å². The second kappa shape index (κ2) is 6.04. The molecule has 0 aliphatic carbocycles. The summed E-state index contributed by atoms with van der Waals surface area (Å²) in [7, 11) is 0. The highest BCUT2D eigenvalue weighted by atomic mass is 16.5. The predicted octanol–water partition coefficient (Wildman–Crippen LogP) is 5.35. The molecule has 0 saturated heterocycles. The molecule has 0 aromatic rings. The molecule has 0 aromatic carbocycles. The highest BCUT2D eigenvalue weighted by Crippen LogP contribution is 2.25. The van der Waals surface area contributed by atoms with Crippen LogP contribution in [-0.2, 0) is 4.74 Å². The second-order valence-electron chi connectivity index (χ2n) is 7.63. The van der Waals surface area contributed by atoms with Gasteiger partial charge in [0.1, 0.15) is 0 Å². The van der Waals surface area contributed by atoms with Gasteiger partial charge in [-0.1, -0.05) is 32.9 Å². The molecule has 1 nitrogen and oxygen atoms in total. The maximum Gasteiger partial charge on any atom is 0.0633 e. The van der Waals surface area contributed by atoms with E-state index < -0.39 is 0 Å². The lowest BCUT2D eigenvalue weighted by molar-refractivity contribution is -0.116. The molecule has 0 radical (unpaired) electrons. The SMILES string of the molecule is CC(C)(C)C=CCCCC(C)(C)OC(C)(C)C. The molecule has 102 valence electrons. The highest BCUT2D eigenvalue weighted by Gasteiger charge is 2.24. The molecule has 0 aliphatic rings. The first-order valence-electron chi connectivity index (χ1n) is 6.79. The normalized spacial score (nSPS) is 14.6. The van der Waals surface area contributed by atoms with E-state index in [1.807, 2.05) is 0 Å². The zero-order valence-electron chi connectivity index (χ0n) is 13.2. The van der Waals surface area contributed by atoms with Crippen molar-refractivity contribution in [1.29, 1.82) is 0 Å². The Bertz CT molecular complexity index is 235. The maximum absolute atomic E-state index is 6.05. The van der Waals surface area contributed by atoms with Gasteiger partial charge in [0.2, 0.25) is 0 Å². The standard InChI is InChI=1S/C16H32O/c1-14(2,3)12-10-9-11-13-16(7,8)17-15(4,5)6/h10,12H,9,11,13H2,1-8H3. The first-order valence-corrected chi connectivity index (χ1v) is 6.79. The molecule has 0 atom stereocenters. The molecule has 0 aromatic heterocycles. The van der Waals surface area contributed by atoms with Crippen LogP contribution in [0.1, 0.15) is 74.7 Å². The minimum absolute atomic E-state index is 0.0200. The average Bonchev–Trinajstić information content (AvgIpc) is 1.95. The van der Waals surface area contributed by atoms with Crippen molar-refractivity contribution in [2.75, 3.05) is 0 Å². The fourth-order valence-electron chi connectivity index (χ4n) is 1.96. The Kier molecular flexibility index (Phi) is 5.93. The summed E-state index contributed by atoms with van der Waals surface area (Å²) in [6.07, 6.45) is 8.04. The number of unbranched alkanes of at least 4 members (excludes halogenated alkanes) is 1. The lowest BCUT2D eigenvalue weighted by Crippen LogP contribution is -2.34. The molecule has 0 heterocycles. The molecule has 0 fully saturated rings. The average molecular weight is 240 g/mol. The van der Waals surface area contributed by atoms with Gasteiger partial charge in [-0.15, -0.1) is 0 Å². The van der Waals surface area contributed by atoms with Gasteiger partial charge < -0.3 is 4.74 Å². The Hall–Kier alpha value is -0.300. The Morgan fingerprint density at radius 3 is 1.82 bits per heavy atom. The number of rotatable bonds is 5. The highest BCUT2D eigenvalue weighted by molar-refractivity contribution is 4.92. The minimum Gasteiger partial charge on any atom is -0.370 e. The summed E-state index contributed by atoms with van der Waals surface area (Å²) in [5.74, 6) is 0. The molecule has 0 saturated carbocycles. The van der Waals surface area contributed by atoms with Crippen molar-refractivity contribution >= 4 is 0 Å². The summed E-state index contributed by atoms with van der Waals surface area (Å²) in [5, 5.41) is 0. The topological polar surface area (TPSA) is 9.23 Å². The van der Waals surface area contributed by atoms with Crippen LogP contribution in [0.3, 0.4) is 0 Å². The molecule has 17 heavy (non-hydrogen) atoms. The summed E-state index contributed by atoms with van der Waals surface area (Å²) in [6.45, 7) is 17.4. The number of allylic oxidation sites excluding steroid dienone is 2. The molecule has 0 rings (SSSR count). The Morgan fingerprint density at radius 1 is 0.882 bits per heavy atom. The van der Waals surface area contributed by atoms with Gasteiger partial charge in [-0.3, -0.25) is 0 Å². The molecule has 0 spiro atoms. The van der Waals surface area contributed by atoms with Gasteiger partial charge in [0.25, 0.3) is 0 Å². The first-order chi connectivity index (χ1) is 7.41. The maximum atomic E-state index is 6.05. The molecular formula is C16H32O. The smallest absolute Gasteiger partial charge is 0.0633 e. The second-order valence-corrected chi connectivity index (χ2v) is 7.63. The van der Waals surface area contributed by atoms with E-state index in [9.17, 15) is 0 Å². The van der Waals surface area contributed by atoms with Crippen molar-refractivity contribution < 1.29 is 4.74 Å². The third-order valence-corrected chi connectivity index (χ3v) is 2.35. The van der Waals surface area contributed by atoms with Crippen molar-refractivity contribution in [3.05, 3.63) is 12.2 Å². The fraction of sp³-hybridized carbons (Fsp3) is 0.875. The van der Waals surface area contributed by atoms with Gasteiger partial charge in [0.15, 0.2) is 0 Å². The van der Waals surface area contributed by atoms with Crippen LogP contribution in [0, 0.1) is 5.41 Å².